The number of aromatic nitrogens is 3. The first-order chi connectivity index (χ1) is 45.0. The Hall–Kier alpha value is -10.9. The second-order valence-corrected chi connectivity index (χ2v) is 18.8. The van der Waals surface area contributed by atoms with E-state index in [1.807, 2.05) is 294 Å². The van der Waals surface area contributed by atoms with Crippen molar-refractivity contribution >= 4 is 60.3 Å². The quantitative estimate of drug-likeness (QED) is 0.129. The molecule has 0 bridgehead atoms. The maximum absolute atomic E-state index is 9.00. The number of aliphatic carboxylic acids is 1. The number of aryl methyl sites for hydroxylation is 2. The minimum Gasteiger partial charge on any atom is -0.481 e. The van der Waals surface area contributed by atoms with Crippen molar-refractivity contribution in [3.63, 3.8) is 0 Å². The Bertz CT molecular complexity index is 2770. The molecule has 9 heteroatoms. The lowest BCUT2D eigenvalue weighted by atomic mass is 10.2. The Balaban J connectivity index is -0.000000465. The fourth-order valence-corrected chi connectivity index (χ4v) is 5.86. The van der Waals surface area contributed by atoms with E-state index in [2.05, 4.69) is 124 Å². The van der Waals surface area contributed by atoms with E-state index in [1.165, 1.54) is 57.2 Å². The van der Waals surface area contributed by atoms with Crippen LogP contribution in [0.25, 0.3) is 48.6 Å². The summed E-state index contributed by atoms with van der Waals surface area (Å²) in [4.78, 5) is 24.8. The first kappa shape index (κ1) is 88.5. The SMILES string of the molecule is C=Cc1ccccc1.C=Cc1ccccc1.C=Cc1ccccc1.C=Cc1ccccc1.C=Cc1ccccc1.C=Cc1ccccc1.C=Cc1ccccn1.C=Cc1ccncc1.CC(=O)O.CN.CN(C)C.CO.Cc1cccc(N(C)C)c1.Cc1ccncc1. The summed E-state index contributed by atoms with van der Waals surface area (Å²) in [5, 5.41) is 14.4. The molecule has 0 aliphatic carbocycles. The number of nitrogens with zero attached hydrogens (tertiary/aromatic N) is 5. The van der Waals surface area contributed by atoms with Gasteiger partial charge in [0.2, 0.25) is 0 Å². The zero-order chi connectivity index (χ0) is 70.4. The molecule has 0 fully saturated rings. The van der Waals surface area contributed by atoms with Crippen LogP contribution in [-0.4, -0.2) is 85.4 Å². The van der Waals surface area contributed by atoms with E-state index in [9.17, 15) is 0 Å². The van der Waals surface area contributed by atoms with Gasteiger partial charge in [-0.1, -0.05) is 295 Å². The third-order valence-corrected chi connectivity index (χ3v) is 10.4. The van der Waals surface area contributed by atoms with Gasteiger partial charge in [-0.15, -0.1) is 0 Å². The van der Waals surface area contributed by atoms with Gasteiger partial charge in [0.25, 0.3) is 5.97 Å². The van der Waals surface area contributed by atoms with Gasteiger partial charge < -0.3 is 25.7 Å². The van der Waals surface area contributed by atoms with Crippen LogP contribution < -0.4 is 10.6 Å². The number of benzene rings is 7. The lowest BCUT2D eigenvalue weighted by Crippen LogP contribution is -2.08. The number of carbonyl (C=O) groups is 1. The number of anilines is 1. The van der Waals surface area contributed by atoms with Crippen molar-refractivity contribution < 1.29 is 15.0 Å². The molecule has 0 saturated heterocycles. The highest BCUT2D eigenvalue weighted by molar-refractivity contribution is 5.63. The van der Waals surface area contributed by atoms with E-state index in [0.717, 1.165) is 25.3 Å². The van der Waals surface area contributed by atoms with Crippen LogP contribution in [0.3, 0.4) is 0 Å². The minimum absolute atomic E-state index is 0.833. The number of pyridine rings is 3. The molecule has 0 unspecified atom stereocenters. The second kappa shape index (κ2) is 67.0. The summed E-state index contributed by atoms with van der Waals surface area (Å²) in [7, 11) is 12.6. The molecule has 0 spiro atoms. The van der Waals surface area contributed by atoms with Crippen molar-refractivity contribution in [1.29, 1.82) is 0 Å². The monoisotopic (exact) mass is 1240 g/mol. The summed E-state index contributed by atoms with van der Waals surface area (Å²) in [6.07, 6.45) is 23.3. The van der Waals surface area contributed by atoms with Gasteiger partial charge in [-0.25, -0.2) is 0 Å². The molecule has 488 valence electrons. The Morgan fingerprint density at radius 2 is 0.602 bits per heavy atom. The normalized spacial score (nSPS) is 8.31. The van der Waals surface area contributed by atoms with Gasteiger partial charge in [0.1, 0.15) is 0 Å². The van der Waals surface area contributed by atoms with Gasteiger partial charge in [-0.05, 0) is 147 Å². The molecule has 3 heterocycles. The van der Waals surface area contributed by atoms with Crippen LogP contribution in [0.2, 0.25) is 0 Å². The molecule has 4 N–H and O–H groups in total. The second-order valence-electron chi connectivity index (χ2n) is 18.8. The van der Waals surface area contributed by atoms with Gasteiger partial charge in [0.15, 0.2) is 0 Å². The molecular weight excluding hydrogens is 1140 g/mol. The smallest absolute Gasteiger partial charge is 0.300 e. The van der Waals surface area contributed by atoms with Gasteiger partial charge >= 0.3 is 0 Å². The van der Waals surface area contributed by atoms with Crippen LogP contribution in [0.4, 0.5) is 5.69 Å². The van der Waals surface area contributed by atoms with Crippen LogP contribution >= 0.6 is 0 Å². The molecule has 7 aromatic carbocycles. The largest absolute Gasteiger partial charge is 0.481 e. The van der Waals surface area contributed by atoms with Crippen LogP contribution in [0, 0.1) is 13.8 Å². The molecule has 0 radical (unpaired) electrons. The van der Waals surface area contributed by atoms with Crippen LogP contribution in [-0.2, 0) is 4.79 Å². The average molecular weight is 1250 g/mol. The molecule has 93 heavy (non-hydrogen) atoms. The molecule has 3 aromatic heterocycles. The van der Waals surface area contributed by atoms with E-state index in [-0.39, 0.29) is 0 Å². The van der Waals surface area contributed by atoms with Gasteiger partial charge in [-0.3, -0.25) is 19.7 Å². The van der Waals surface area contributed by atoms with Crippen LogP contribution in [0.5, 0.6) is 0 Å². The minimum atomic E-state index is -0.833. The topological polar surface area (TPSA) is 129 Å². The number of aliphatic hydroxyl groups is 1. The van der Waals surface area contributed by atoms with Gasteiger partial charge in [-0.2, -0.15) is 0 Å². The van der Waals surface area contributed by atoms with Crippen molar-refractivity contribution in [2.75, 3.05) is 54.3 Å². The fraction of sp³-hybridized carbons (Fsp3) is 0.119. The van der Waals surface area contributed by atoms with E-state index < -0.39 is 5.97 Å². The van der Waals surface area contributed by atoms with Crippen molar-refractivity contribution in [2.24, 2.45) is 5.73 Å². The Morgan fingerprint density at radius 3 is 0.753 bits per heavy atom. The predicted molar refractivity (Wildman–Crippen MR) is 414 cm³/mol. The highest BCUT2D eigenvalue weighted by Crippen LogP contribution is 2.12. The zero-order valence-electron chi connectivity index (χ0n) is 56.9. The Kier molecular flexibility index (Phi) is 63.8. The number of carboxylic acids is 1. The summed E-state index contributed by atoms with van der Waals surface area (Å²) in [5.41, 5.74) is 17.4. The molecule has 0 aliphatic heterocycles. The summed E-state index contributed by atoms with van der Waals surface area (Å²) >= 11 is 0. The summed E-state index contributed by atoms with van der Waals surface area (Å²) in [5.74, 6) is -0.833. The number of aliphatic hydroxyl groups excluding tert-OH is 1. The maximum Gasteiger partial charge on any atom is 0.300 e. The number of rotatable bonds is 9. The summed E-state index contributed by atoms with van der Waals surface area (Å²) in [6.45, 7) is 34.2. The standard InChI is InChI=1S/C9H13N.6C8H8.2C7H7N.C6H7N.C3H9N.C2H4O2.CH5N.CH4O/c1-8-5-4-6-9(7-8)10(2)3;6*1-2-8-6-4-3-5-7-8;1-2-7-3-5-8-6-4-7;1-2-7-5-3-4-6-8-7;1-6-2-4-7-5-3-6;1-4(2)3;1-2(3)4;2*1-2/h4-7H,1-3H3;6*2-7H,1H2;2*2-6H,1H2;2-5H,1H3;1-3H3;1H3,(H,3,4);2H2,1H3;2H,1H3. The molecule has 9 nitrogen and oxygen atoms in total. The number of hydrogen-bond acceptors (Lipinski definition) is 8. The lowest BCUT2D eigenvalue weighted by molar-refractivity contribution is -0.134. The van der Waals surface area contributed by atoms with E-state index >= 15 is 0 Å². The van der Waals surface area contributed by atoms with E-state index in [4.69, 9.17) is 15.0 Å². The summed E-state index contributed by atoms with van der Waals surface area (Å²) < 4.78 is 0. The molecular formula is C84H104N6O3. The third kappa shape index (κ3) is 61.1. The first-order valence-electron chi connectivity index (χ1n) is 29.6. The van der Waals surface area contributed by atoms with Gasteiger partial charge in [0, 0.05) is 64.8 Å². The van der Waals surface area contributed by atoms with Crippen molar-refractivity contribution in [2.45, 2.75) is 20.8 Å². The van der Waals surface area contributed by atoms with Crippen molar-refractivity contribution in [1.82, 2.24) is 19.9 Å². The third-order valence-electron chi connectivity index (χ3n) is 10.4. The number of carboxylic acid groups (broad SMARTS) is 1. The van der Waals surface area contributed by atoms with E-state index in [0.29, 0.717) is 0 Å². The first-order valence-corrected chi connectivity index (χ1v) is 29.6. The predicted octanol–water partition coefficient (Wildman–Crippen LogP) is 20.3. The Morgan fingerprint density at radius 1 is 0.355 bits per heavy atom. The number of nitrogens with two attached hydrogens (primary N) is 1. The van der Waals surface area contributed by atoms with Crippen LogP contribution in [0.1, 0.15) is 62.7 Å². The summed E-state index contributed by atoms with van der Waals surface area (Å²) in [6, 6.07) is 82.1. The van der Waals surface area contributed by atoms with Gasteiger partial charge in [0.05, 0.1) is 5.69 Å². The van der Waals surface area contributed by atoms with Crippen LogP contribution in [0.15, 0.2) is 332 Å². The highest BCUT2D eigenvalue weighted by atomic mass is 16.4. The number of hydrogen-bond donors (Lipinski definition) is 3. The highest BCUT2D eigenvalue weighted by Gasteiger charge is 1.92. The lowest BCUT2D eigenvalue weighted by Gasteiger charge is -2.11. The molecule has 0 saturated carbocycles. The fourth-order valence-electron chi connectivity index (χ4n) is 5.86. The zero-order valence-corrected chi connectivity index (χ0v) is 56.9. The average Bonchev–Trinajstić information content (AvgIpc) is 3.83. The molecule has 0 amide bonds. The molecule has 0 atom stereocenters. The molecule has 10 aromatic rings. The molecule has 0 aliphatic rings. The Labute approximate surface area is 561 Å². The maximum atomic E-state index is 9.00. The van der Waals surface area contributed by atoms with Crippen molar-refractivity contribution in [3.8, 4) is 0 Å². The van der Waals surface area contributed by atoms with E-state index in [1.54, 1.807) is 43.1 Å². The molecule has 10 rings (SSSR count). The van der Waals surface area contributed by atoms with Crippen molar-refractivity contribution in [3.05, 3.63) is 388 Å².